The fraction of sp³-hybridized carbons (Fsp3) is 0.360. The zero-order valence-corrected chi connectivity index (χ0v) is 23.3. The number of carbonyl (C=O) groups excluding carboxylic acids is 1. The summed E-state index contributed by atoms with van der Waals surface area (Å²) >= 11 is 6.57. The molecule has 2 aromatic carbocycles. The number of anilines is 1. The van der Waals surface area contributed by atoms with Crippen LogP contribution >= 0.6 is 11.6 Å². The van der Waals surface area contributed by atoms with Gasteiger partial charge in [-0.2, -0.15) is 0 Å². The predicted octanol–water partition coefficient (Wildman–Crippen LogP) is 3.78. The normalized spacial score (nSPS) is 15.6. The van der Waals surface area contributed by atoms with Crippen LogP contribution in [0.1, 0.15) is 16.7 Å². The molecule has 2 amide bonds. The molecule has 1 atom stereocenters. The van der Waals surface area contributed by atoms with Crippen molar-refractivity contribution < 1.29 is 17.8 Å². The summed E-state index contributed by atoms with van der Waals surface area (Å²) in [5.41, 5.74) is 0.947. The molecule has 1 aromatic heterocycles. The van der Waals surface area contributed by atoms with Gasteiger partial charge in [0.15, 0.2) is 0 Å². The molecule has 1 saturated heterocycles. The van der Waals surface area contributed by atoms with Gasteiger partial charge in [-0.3, -0.25) is 13.9 Å². The Morgan fingerprint density at radius 2 is 2.00 bits per heavy atom. The average Bonchev–Trinajstić information content (AvgIpc) is 2.89. The molecule has 1 fully saturated rings. The number of benzene rings is 2. The summed E-state index contributed by atoms with van der Waals surface area (Å²) in [5, 5.41) is 6.31. The number of halogens is 2. The fourth-order valence-electron chi connectivity index (χ4n) is 4.24. The second kappa shape index (κ2) is 11.9. The third-order valence-electron chi connectivity index (χ3n) is 6.38. The lowest BCUT2D eigenvalue weighted by molar-refractivity contribution is 0.230. The van der Waals surface area contributed by atoms with E-state index >= 15 is 4.39 Å². The molecular weight excluding hydrogens is 549 g/mol. The molecule has 210 valence electrons. The van der Waals surface area contributed by atoms with Crippen molar-refractivity contribution in [3.8, 4) is 0 Å². The van der Waals surface area contributed by atoms with Crippen LogP contribution in [0.3, 0.4) is 0 Å². The number of amides is 2. The quantitative estimate of drug-likeness (QED) is 0.299. The van der Waals surface area contributed by atoms with Crippen LogP contribution in [0, 0.1) is 10.6 Å². The van der Waals surface area contributed by atoms with Gasteiger partial charge in [-0.25, -0.2) is 18.7 Å². The van der Waals surface area contributed by atoms with Crippen LogP contribution in [0.25, 0.3) is 15.7 Å². The highest BCUT2D eigenvalue weighted by Gasteiger charge is 2.22. The number of hydrogen-bond acceptors (Lipinski definition) is 7. The van der Waals surface area contributed by atoms with Crippen LogP contribution < -0.4 is 21.0 Å². The summed E-state index contributed by atoms with van der Waals surface area (Å²) in [7, 11) is 0.965. The van der Waals surface area contributed by atoms with Crippen molar-refractivity contribution in [1.29, 1.82) is 4.78 Å². The smallest absolute Gasteiger partial charge is 0.340 e. The van der Waals surface area contributed by atoms with Gasteiger partial charge in [-0.05, 0) is 24.2 Å². The number of piperazine rings is 1. The minimum atomic E-state index is -3.45. The first-order valence-electron chi connectivity index (χ1n) is 12.2. The molecule has 1 aliphatic rings. The third kappa shape index (κ3) is 6.68. The number of carbonyl (C=O) groups is 1. The van der Waals surface area contributed by atoms with Crippen molar-refractivity contribution in [1.82, 2.24) is 19.8 Å². The van der Waals surface area contributed by atoms with E-state index in [4.69, 9.17) is 20.8 Å². The highest BCUT2D eigenvalue weighted by molar-refractivity contribution is 7.93. The number of urea groups is 1. The summed E-state index contributed by atoms with van der Waals surface area (Å²) in [6.07, 6.45) is 0.0430. The van der Waals surface area contributed by atoms with Gasteiger partial charge in [0.05, 0.1) is 5.69 Å². The van der Waals surface area contributed by atoms with Gasteiger partial charge in [-0.1, -0.05) is 29.8 Å². The Hall–Kier alpha value is -3.23. The molecule has 0 bridgehead atoms. The Balaban J connectivity index is 1.82. The molecule has 3 aromatic rings. The number of nitrogens with one attached hydrogen (secondary N) is 4. The molecule has 4 N–H and O–H groups in total. The zero-order chi connectivity index (χ0) is 28.3. The van der Waals surface area contributed by atoms with Gasteiger partial charge < -0.3 is 24.7 Å². The summed E-state index contributed by atoms with van der Waals surface area (Å²) in [6, 6.07) is 6.92. The number of rotatable bonds is 8. The van der Waals surface area contributed by atoms with Crippen LogP contribution in [-0.2, 0) is 23.1 Å². The fourth-order valence-corrected chi connectivity index (χ4v) is 5.05. The molecule has 39 heavy (non-hydrogen) atoms. The van der Waals surface area contributed by atoms with E-state index in [9.17, 15) is 13.8 Å². The van der Waals surface area contributed by atoms with E-state index in [1.807, 2.05) is 0 Å². The Bertz CT molecular complexity index is 1560. The van der Waals surface area contributed by atoms with E-state index in [2.05, 4.69) is 25.0 Å². The Morgan fingerprint density at radius 3 is 2.67 bits per heavy atom. The molecule has 11 nitrogen and oxygen atoms in total. The Labute approximate surface area is 230 Å². The molecule has 4 rings (SSSR count). The Kier molecular flexibility index (Phi) is 8.76. The first kappa shape index (κ1) is 28.8. The van der Waals surface area contributed by atoms with Gasteiger partial charge in [0.1, 0.15) is 11.4 Å². The maximum atomic E-state index is 15.2. The van der Waals surface area contributed by atoms with Crippen molar-refractivity contribution >= 4 is 50.1 Å². The lowest BCUT2D eigenvalue weighted by Crippen LogP contribution is -2.43. The van der Waals surface area contributed by atoms with Crippen LogP contribution in [0.15, 0.2) is 39.5 Å². The van der Waals surface area contributed by atoms with E-state index in [1.54, 1.807) is 12.1 Å². The van der Waals surface area contributed by atoms with Crippen LogP contribution in [0.5, 0.6) is 0 Å². The van der Waals surface area contributed by atoms with E-state index < -0.39 is 27.6 Å². The number of fused-ring (bicyclic) bond motifs is 1. The molecule has 1 aliphatic heterocycles. The third-order valence-corrected chi connectivity index (χ3v) is 7.82. The van der Waals surface area contributed by atoms with Crippen molar-refractivity contribution in [2.75, 3.05) is 52.6 Å². The summed E-state index contributed by atoms with van der Waals surface area (Å²) in [4.78, 5) is 28.9. The van der Waals surface area contributed by atoms with E-state index in [-0.39, 0.29) is 28.4 Å². The highest BCUT2D eigenvalue weighted by Crippen LogP contribution is 2.36. The molecule has 0 saturated carbocycles. The van der Waals surface area contributed by atoms with E-state index in [0.717, 1.165) is 26.2 Å². The van der Waals surface area contributed by atoms with Crippen molar-refractivity contribution in [3.63, 3.8) is 0 Å². The van der Waals surface area contributed by atoms with Crippen molar-refractivity contribution in [2.45, 2.75) is 13.0 Å². The van der Waals surface area contributed by atoms with Gasteiger partial charge in [0.2, 0.25) is 0 Å². The molecule has 0 radical (unpaired) electrons. The molecule has 1 unspecified atom stereocenters. The molecule has 2 heterocycles. The first-order chi connectivity index (χ1) is 18.5. The molecule has 0 aliphatic carbocycles. The lowest BCUT2D eigenvalue weighted by Gasteiger charge is -2.28. The second-order valence-electron chi connectivity index (χ2n) is 9.27. The minimum Gasteiger partial charge on any atom is -0.580 e. The maximum Gasteiger partial charge on any atom is 0.340 e. The molecule has 0 spiro atoms. The SMILES string of the molecule is CNS(=N)(=O)[N-]c1cccc(Cc2c(CN3CCNCC3)c3cc(F)c(NC(=O)N(C)C)cc3oc2=O)c1Cl. The van der Waals surface area contributed by atoms with Gasteiger partial charge in [-0.15, -0.1) is 5.69 Å². The van der Waals surface area contributed by atoms with Crippen molar-refractivity contribution in [2.24, 2.45) is 0 Å². The number of hydrogen-bond donors (Lipinski definition) is 4. The Morgan fingerprint density at radius 1 is 1.28 bits per heavy atom. The number of nitrogens with zero attached hydrogens (tertiary/aromatic N) is 3. The summed E-state index contributed by atoms with van der Waals surface area (Å²) in [5.74, 6) is -0.671. The zero-order valence-electron chi connectivity index (χ0n) is 21.8. The second-order valence-corrected chi connectivity index (χ2v) is 11.3. The topological polar surface area (TPSA) is 145 Å². The summed E-state index contributed by atoms with van der Waals surface area (Å²) < 4.78 is 47.0. The van der Waals surface area contributed by atoms with Gasteiger partial charge in [0, 0.05) is 85.4 Å². The van der Waals surface area contributed by atoms with E-state index in [0.29, 0.717) is 28.6 Å². The average molecular weight is 579 g/mol. The molecule has 14 heteroatoms. The summed E-state index contributed by atoms with van der Waals surface area (Å²) in [6.45, 7) is 3.38. The molecular formula is C25H30ClFN7O4S-. The van der Waals surface area contributed by atoms with Crippen LogP contribution in [-0.4, -0.2) is 67.4 Å². The highest BCUT2D eigenvalue weighted by atomic mass is 35.5. The minimum absolute atomic E-state index is 0.0430. The standard InChI is InChI=1S/C25H31ClFN7O4S/c1-29-39(28,37)32-20-6-4-5-15(23(20)26)11-17-18(14-34-9-7-30-8-10-34)16-12-19(27)21(31-25(36)33(2)3)13-22(16)38-24(17)35/h4-6,12-13,30H,7-11,14H2,1-3H3,(H4,28,29,31,32,35,36,37)/p-1. The first-order valence-corrected chi connectivity index (χ1v) is 14.1. The monoisotopic (exact) mass is 578 g/mol. The largest absolute Gasteiger partial charge is 0.580 e. The van der Waals surface area contributed by atoms with Crippen LogP contribution in [0.2, 0.25) is 5.02 Å². The predicted molar refractivity (Wildman–Crippen MR) is 150 cm³/mol. The van der Waals surface area contributed by atoms with Gasteiger partial charge >= 0.3 is 11.7 Å². The van der Waals surface area contributed by atoms with E-state index in [1.165, 1.54) is 44.2 Å². The van der Waals surface area contributed by atoms with Crippen LogP contribution in [0.4, 0.5) is 20.6 Å². The van der Waals surface area contributed by atoms with Gasteiger partial charge in [0.25, 0.3) is 0 Å². The van der Waals surface area contributed by atoms with Crippen molar-refractivity contribution in [3.05, 3.63) is 73.0 Å². The maximum absolute atomic E-state index is 15.2. The lowest BCUT2D eigenvalue weighted by atomic mass is 9.97.